The zero-order valence-corrected chi connectivity index (χ0v) is 15.9. The van der Waals surface area contributed by atoms with Crippen molar-refractivity contribution in [2.24, 2.45) is 5.92 Å². The molecule has 0 aliphatic heterocycles. The Bertz CT molecular complexity index is 569. The number of hydrogen-bond acceptors (Lipinski definition) is 2. The zero-order valence-electron chi connectivity index (χ0n) is 12.2. The molecule has 0 radical (unpaired) electrons. The number of benzene rings is 1. The van der Waals surface area contributed by atoms with Crippen molar-refractivity contribution in [3.05, 3.63) is 44.7 Å². The van der Waals surface area contributed by atoms with Crippen molar-refractivity contribution in [2.75, 3.05) is 6.54 Å². The third-order valence-corrected chi connectivity index (χ3v) is 4.04. The van der Waals surface area contributed by atoms with Crippen LogP contribution in [0.2, 0.25) is 5.02 Å². The highest BCUT2D eigenvalue weighted by Crippen LogP contribution is 2.30. The van der Waals surface area contributed by atoms with E-state index < -0.39 is 0 Å². The minimum atomic E-state index is 0. The molecule has 0 bridgehead atoms. The number of rotatable bonds is 6. The summed E-state index contributed by atoms with van der Waals surface area (Å²) in [5, 5.41) is 4.12. The largest absolute Gasteiger partial charge is 0.460 e. The molecule has 0 unspecified atom stereocenters. The van der Waals surface area contributed by atoms with Crippen LogP contribution in [0.3, 0.4) is 0 Å². The second-order valence-electron chi connectivity index (χ2n) is 5.25. The van der Waals surface area contributed by atoms with E-state index in [-0.39, 0.29) is 12.4 Å². The third-order valence-electron chi connectivity index (χ3n) is 3.06. The lowest BCUT2D eigenvalue weighted by molar-refractivity contribution is 0.474. The van der Waals surface area contributed by atoms with Crippen LogP contribution >= 0.6 is 46.6 Å². The fourth-order valence-corrected chi connectivity index (χ4v) is 2.86. The molecule has 0 aliphatic carbocycles. The molecule has 0 saturated carbocycles. The molecule has 1 aromatic heterocycles. The van der Waals surface area contributed by atoms with Gasteiger partial charge in [-0.25, -0.2) is 0 Å². The van der Waals surface area contributed by atoms with E-state index in [0.717, 1.165) is 44.7 Å². The van der Waals surface area contributed by atoms with Gasteiger partial charge in [-0.1, -0.05) is 25.4 Å². The van der Waals surface area contributed by atoms with E-state index in [1.54, 1.807) is 0 Å². The molecule has 0 aliphatic rings. The third kappa shape index (κ3) is 5.81. The van der Waals surface area contributed by atoms with E-state index in [4.69, 9.17) is 16.0 Å². The van der Waals surface area contributed by atoms with Gasteiger partial charge in [0.25, 0.3) is 0 Å². The smallest absolute Gasteiger partial charge is 0.135 e. The minimum absolute atomic E-state index is 0. The molecule has 1 heterocycles. The van der Waals surface area contributed by atoms with Crippen LogP contribution in [0.15, 0.2) is 34.7 Å². The number of hydrogen-bond donors (Lipinski definition) is 1. The van der Waals surface area contributed by atoms with Crippen LogP contribution < -0.4 is 5.32 Å². The predicted molar refractivity (Wildman–Crippen MR) is 100 cm³/mol. The molecule has 2 nitrogen and oxygen atoms in total. The molecule has 0 saturated heterocycles. The van der Waals surface area contributed by atoms with E-state index >= 15 is 0 Å². The molecule has 1 aromatic carbocycles. The van der Waals surface area contributed by atoms with E-state index in [1.165, 1.54) is 6.42 Å². The van der Waals surface area contributed by atoms with Crippen molar-refractivity contribution in [1.82, 2.24) is 5.32 Å². The van der Waals surface area contributed by atoms with Crippen molar-refractivity contribution in [2.45, 2.75) is 26.8 Å². The summed E-state index contributed by atoms with van der Waals surface area (Å²) < 4.78 is 6.97. The van der Waals surface area contributed by atoms with Crippen molar-refractivity contribution in [3.63, 3.8) is 0 Å². The standard InChI is InChI=1S/C16H19ClINO.ClH/c1-11(2)7-8-19-10-13-4-6-16(20-13)14-5-3-12(18)9-15(14)17;/h3-6,9,11,19H,7-8,10H2,1-2H3;1H. The van der Waals surface area contributed by atoms with Gasteiger partial charge in [0.05, 0.1) is 11.6 Å². The van der Waals surface area contributed by atoms with Gasteiger partial charge in [0.15, 0.2) is 0 Å². The van der Waals surface area contributed by atoms with E-state index in [0.29, 0.717) is 0 Å². The molecule has 0 spiro atoms. The highest BCUT2D eigenvalue weighted by atomic mass is 127. The molecule has 5 heteroatoms. The molecule has 2 rings (SSSR count). The van der Waals surface area contributed by atoms with Gasteiger partial charge in [0, 0.05) is 9.13 Å². The SMILES string of the molecule is CC(C)CCNCc1ccc(-c2ccc(I)cc2Cl)o1.Cl. The van der Waals surface area contributed by atoms with E-state index in [1.807, 2.05) is 30.3 Å². The topological polar surface area (TPSA) is 25.2 Å². The fraction of sp³-hybridized carbons (Fsp3) is 0.375. The molecule has 1 N–H and O–H groups in total. The molecule has 0 amide bonds. The Morgan fingerprint density at radius 1 is 1.24 bits per heavy atom. The van der Waals surface area contributed by atoms with Crippen LogP contribution in [0.1, 0.15) is 26.0 Å². The molecular formula is C16H20Cl2INO. The van der Waals surface area contributed by atoms with Gasteiger partial charge in [0.1, 0.15) is 11.5 Å². The maximum absolute atomic E-state index is 6.25. The molecule has 21 heavy (non-hydrogen) atoms. The zero-order chi connectivity index (χ0) is 14.5. The second-order valence-corrected chi connectivity index (χ2v) is 6.90. The second kappa shape index (κ2) is 9.03. The molecule has 116 valence electrons. The van der Waals surface area contributed by atoms with Crippen molar-refractivity contribution in [3.8, 4) is 11.3 Å². The monoisotopic (exact) mass is 439 g/mol. The van der Waals surface area contributed by atoms with Gasteiger partial charge in [-0.2, -0.15) is 0 Å². The molecule has 0 fully saturated rings. The maximum Gasteiger partial charge on any atom is 0.135 e. The lowest BCUT2D eigenvalue weighted by atomic mass is 10.1. The molecule has 0 atom stereocenters. The first-order valence-electron chi connectivity index (χ1n) is 6.81. The minimum Gasteiger partial charge on any atom is -0.460 e. The summed E-state index contributed by atoms with van der Waals surface area (Å²) in [6.07, 6.45) is 1.18. The van der Waals surface area contributed by atoms with Gasteiger partial charge >= 0.3 is 0 Å². The quantitative estimate of drug-likeness (QED) is 0.457. The van der Waals surface area contributed by atoms with Crippen molar-refractivity contribution in [1.29, 1.82) is 0 Å². The fourth-order valence-electron chi connectivity index (χ4n) is 1.91. The van der Waals surface area contributed by atoms with Crippen molar-refractivity contribution < 1.29 is 4.42 Å². The Balaban J connectivity index is 0.00000220. The number of furan rings is 1. The van der Waals surface area contributed by atoms with Crippen molar-refractivity contribution >= 4 is 46.6 Å². The Labute approximate surface area is 151 Å². The van der Waals surface area contributed by atoms with Crippen LogP contribution in [0, 0.1) is 9.49 Å². The summed E-state index contributed by atoms with van der Waals surface area (Å²) in [5.74, 6) is 2.49. The highest BCUT2D eigenvalue weighted by molar-refractivity contribution is 14.1. The Kier molecular flexibility index (Phi) is 8.09. The lowest BCUT2D eigenvalue weighted by Gasteiger charge is -2.05. The number of nitrogens with one attached hydrogen (secondary N) is 1. The van der Waals surface area contributed by atoms with Crippen LogP contribution in [-0.4, -0.2) is 6.54 Å². The Morgan fingerprint density at radius 3 is 2.67 bits per heavy atom. The highest BCUT2D eigenvalue weighted by Gasteiger charge is 2.09. The van der Waals surface area contributed by atoms with E-state index in [2.05, 4.69) is 41.8 Å². The average molecular weight is 440 g/mol. The van der Waals surface area contributed by atoms with Crippen LogP contribution in [0.5, 0.6) is 0 Å². The average Bonchev–Trinajstić information content (AvgIpc) is 2.83. The summed E-state index contributed by atoms with van der Waals surface area (Å²) >= 11 is 8.50. The molecular weight excluding hydrogens is 420 g/mol. The first kappa shape index (κ1) is 18.8. The summed E-state index contributed by atoms with van der Waals surface area (Å²) in [4.78, 5) is 0. The summed E-state index contributed by atoms with van der Waals surface area (Å²) in [7, 11) is 0. The van der Waals surface area contributed by atoms with Gasteiger partial charge in [0.2, 0.25) is 0 Å². The Morgan fingerprint density at radius 2 is 2.00 bits per heavy atom. The summed E-state index contributed by atoms with van der Waals surface area (Å²) in [6.45, 7) is 6.23. The first-order valence-corrected chi connectivity index (χ1v) is 8.27. The lowest BCUT2D eigenvalue weighted by Crippen LogP contribution is -2.15. The van der Waals surface area contributed by atoms with Gasteiger partial charge in [-0.15, -0.1) is 12.4 Å². The predicted octanol–water partition coefficient (Wildman–Crippen LogP) is 5.76. The Hall–Kier alpha value is -0.230. The van der Waals surface area contributed by atoms with Crippen LogP contribution in [-0.2, 0) is 6.54 Å². The van der Waals surface area contributed by atoms with Gasteiger partial charge in [-0.3, -0.25) is 0 Å². The summed E-state index contributed by atoms with van der Waals surface area (Å²) in [6, 6.07) is 9.96. The number of halogens is 3. The van der Waals surface area contributed by atoms with E-state index in [9.17, 15) is 0 Å². The van der Waals surface area contributed by atoms with Crippen LogP contribution in [0.4, 0.5) is 0 Å². The summed E-state index contributed by atoms with van der Waals surface area (Å²) in [5.41, 5.74) is 0.945. The first-order chi connectivity index (χ1) is 9.56. The molecule has 2 aromatic rings. The maximum atomic E-state index is 6.25. The van der Waals surface area contributed by atoms with Gasteiger partial charge in [-0.05, 0) is 71.8 Å². The van der Waals surface area contributed by atoms with Gasteiger partial charge < -0.3 is 9.73 Å². The normalized spacial score (nSPS) is 10.7. The van der Waals surface area contributed by atoms with Crippen LogP contribution in [0.25, 0.3) is 11.3 Å².